The average Bonchev–Trinajstić information content (AvgIpc) is 3.44. The number of para-hydroxylation sites is 1. The van der Waals surface area contributed by atoms with Crippen molar-refractivity contribution in [3.05, 3.63) is 89.9 Å². The van der Waals surface area contributed by atoms with Gasteiger partial charge in [-0.1, -0.05) is 60.7 Å². The van der Waals surface area contributed by atoms with Crippen LogP contribution in [0.2, 0.25) is 0 Å². The van der Waals surface area contributed by atoms with Crippen LogP contribution in [0.1, 0.15) is 10.4 Å². The lowest BCUT2D eigenvalue weighted by molar-refractivity contribution is 0.102. The molecule has 1 amide bonds. The van der Waals surface area contributed by atoms with Crippen LogP contribution < -0.4 is 5.32 Å². The van der Waals surface area contributed by atoms with E-state index in [-0.39, 0.29) is 5.91 Å². The number of rotatable bonds is 4. The fourth-order valence-electron chi connectivity index (χ4n) is 3.25. The van der Waals surface area contributed by atoms with Gasteiger partial charge in [0.05, 0.1) is 11.1 Å². The topological polar surface area (TPSA) is 70.7 Å². The normalized spacial score (nSPS) is 10.9. The maximum absolute atomic E-state index is 12.7. The summed E-state index contributed by atoms with van der Waals surface area (Å²) >= 11 is 1.38. The SMILES string of the molecule is O=C(Nc1nccs1)c1cccc2[nH]c(-c3ccc(-c4ccccc4)cc3)nc12. The molecule has 0 spiro atoms. The van der Waals surface area contributed by atoms with Gasteiger partial charge in [0.1, 0.15) is 11.3 Å². The highest BCUT2D eigenvalue weighted by Crippen LogP contribution is 2.26. The Labute approximate surface area is 171 Å². The van der Waals surface area contributed by atoms with Gasteiger partial charge in [0.2, 0.25) is 0 Å². The largest absolute Gasteiger partial charge is 0.338 e. The number of aromatic amines is 1. The highest BCUT2D eigenvalue weighted by atomic mass is 32.1. The second-order valence-electron chi connectivity index (χ2n) is 6.52. The van der Waals surface area contributed by atoms with E-state index in [1.807, 2.05) is 47.8 Å². The van der Waals surface area contributed by atoms with Crippen LogP contribution in [0.15, 0.2) is 84.4 Å². The number of hydrogen-bond donors (Lipinski definition) is 2. The van der Waals surface area contributed by atoms with Gasteiger partial charge in [-0.25, -0.2) is 9.97 Å². The van der Waals surface area contributed by atoms with Crippen molar-refractivity contribution in [2.75, 3.05) is 5.32 Å². The number of imidazole rings is 1. The van der Waals surface area contributed by atoms with Gasteiger partial charge < -0.3 is 4.98 Å². The summed E-state index contributed by atoms with van der Waals surface area (Å²) in [5.74, 6) is 0.511. The molecule has 0 unspecified atom stereocenters. The Balaban J connectivity index is 1.48. The molecule has 0 aliphatic carbocycles. The summed E-state index contributed by atoms with van der Waals surface area (Å²) in [7, 11) is 0. The molecule has 29 heavy (non-hydrogen) atoms. The molecule has 0 radical (unpaired) electrons. The number of benzene rings is 3. The van der Waals surface area contributed by atoms with Gasteiger partial charge in [-0.3, -0.25) is 10.1 Å². The molecule has 140 valence electrons. The summed E-state index contributed by atoms with van der Waals surface area (Å²) in [6, 6.07) is 24.0. The molecule has 2 heterocycles. The van der Waals surface area contributed by atoms with Crippen molar-refractivity contribution in [3.8, 4) is 22.5 Å². The van der Waals surface area contributed by atoms with Crippen molar-refractivity contribution >= 4 is 33.4 Å². The highest BCUT2D eigenvalue weighted by molar-refractivity contribution is 7.13. The zero-order valence-corrected chi connectivity index (χ0v) is 16.1. The monoisotopic (exact) mass is 396 g/mol. The van der Waals surface area contributed by atoms with Crippen LogP contribution >= 0.6 is 11.3 Å². The summed E-state index contributed by atoms with van der Waals surface area (Å²) < 4.78 is 0. The lowest BCUT2D eigenvalue weighted by Gasteiger charge is -2.03. The third-order valence-electron chi connectivity index (χ3n) is 4.68. The van der Waals surface area contributed by atoms with E-state index in [2.05, 4.69) is 39.6 Å². The molecule has 0 atom stereocenters. The molecule has 2 N–H and O–H groups in total. The van der Waals surface area contributed by atoms with Gasteiger partial charge >= 0.3 is 0 Å². The van der Waals surface area contributed by atoms with Gasteiger partial charge in [-0.15, -0.1) is 11.3 Å². The van der Waals surface area contributed by atoms with Crippen LogP contribution in [-0.2, 0) is 0 Å². The smallest absolute Gasteiger partial charge is 0.259 e. The standard InChI is InChI=1S/C23H16N4OS/c28-22(27-23-24-13-14-29-23)18-7-4-8-19-20(18)26-21(25-19)17-11-9-16(10-12-17)15-5-2-1-3-6-15/h1-14H,(H,25,26)(H,24,27,28). The minimum Gasteiger partial charge on any atom is -0.338 e. The van der Waals surface area contributed by atoms with E-state index < -0.39 is 0 Å². The molecule has 0 aliphatic heterocycles. The van der Waals surface area contributed by atoms with Crippen molar-refractivity contribution in [2.45, 2.75) is 0 Å². The zero-order chi connectivity index (χ0) is 19.6. The number of thiazole rings is 1. The van der Waals surface area contributed by atoms with Crippen LogP contribution in [0.3, 0.4) is 0 Å². The number of nitrogens with zero attached hydrogens (tertiary/aromatic N) is 2. The zero-order valence-electron chi connectivity index (χ0n) is 15.3. The summed E-state index contributed by atoms with van der Waals surface area (Å²) in [4.78, 5) is 24.8. The first kappa shape index (κ1) is 17.3. The Bertz CT molecular complexity index is 1280. The molecule has 2 aromatic heterocycles. The van der Waals surface area contributed by atoms with E-state index in [0.29, 0.717) is 16.2 Å². The summed E-state index contributed by atoms with van der Waals surface area (Å²) in [6.45, 7) is 0. The Kier molecular flexibility index (Phi) is 4.38. The number of fused-ring (bicyclic) bond motifs is 1. The summed E-state index contributed by atoms with van der Waals surface area (Å²) in [6.07, 6.45) is 1.66. The molecule has 5 rings (SSSR count). The molecule has 3 aromatic carbocycles. The number of carbonyl (C=O) groups is 1. The molecule has 0 saturated heterocycles. The molecule has 0 aliphatic rings. The maximum atomic E-state index is 12.7. The van der Waals surface area contributed by atoms with Crippen LogP contribution in [0.4, 0.5) is 5.13 Å². The molecule has 5 aromatic rings. The fourth-order valence-corrected chi connectivity index (χ4v) is 3.78. The summed E-state index contributed by atoms with van der Waals surface area (Å²) in [5, 5.41) is 5.21. The Morgan fingerprint density at radius 1 is 0.862 bits per heavy atom. The van der Waals surface area contributed by atoms with Gasteiger partial charge in [-0.05, 0) is 23.3 Å². The first-order chi connectivity index (χ1) is 14.3. The van der Waals surface area contributed by atoms with Crippen LogP contribution in [-0.4, -0.2) is 20.9 Å². The minimum absolute atomic E-state index is 0.219. The van der Waals surface area contributed by atoms with E-state index in [4.69, 9.17) is 4.98 Å². The molecule has 0 bridgehead atoms. The van der Waals surface area contributed by atoms with E-state index in [0.717, 1.165) is 22.5 Å². The number of hydrogen-bond acceptors (Lipinski definition) is 4. The molecular formula is C23H16N4OS. The first-order valence-corrected chi connectivity index (χ1v) is 10.0. The predicted molar refractivity (Wildman–Crippen MR) is 117 cm³/mol. The van der Waals surface area contributed by atoms with Crippen molar-refractivity contribution in [1.29, 1.82) is 0 Å². The molecular weight excluding hydrogens is 380 g/mol. The van der Waals surface area contributed by atoms with E-state index in [9.17, 15) is 4.79 Å². The molecule has 0 saturated carbocycles. The van der Waals surface area contributed by atoms with E-state index in [1.54, 1.807) is 12.3 Å². The molecule has 5 nitrogen and oxygen atoms in total. The third kappa shape index (κ3) is 3.41. The van der Waals surface area contributed by atoms with Crippen molar-refractivity contribution in [3.63, 3.8) is 0 Å². The van der Waals surface area contributed by atoms with Crippen LogP contribution in [0.25, 0.3) is 33.5 Å². The maximum Gasteiger partial charge on any atom is 0.259 e. The highest BCUT2D eigenvalue weighted by Gasteiger charge is 2.15. The number of amides is 1. The van der Waals surface area contributed by atoms with E-state index in [1.165, 1.54) is 16.9 Å². The first-order valence-electron chi connectivity index (χ1n) is 9.13. The predicted octanol–water partition coefficient (Wildman–Crippen LogP) is 5.61. The Hall–Kier alpha value is -3.77. The third-order valence-corrected chi connectivity index (χ3v) is 5.36. The van der Waals surface area contributed by atoms with Gasteiger partial charge in [0.15, 0.2) is 5.13 Å². The average molecular weight is 396 g/mol. The van der Waals surface area contributed by atoms with Gasteiger partial charge in [-0.2, -0.15) is 0 Å². The van der Waals surface area contributed by atoms with Gasteiger partial charge in [0.25, 0.3) is 5.91 Å². The fraction of sp³-hybridized carbons (Fsp3) is 0. The number of nitrogens with one attached hydrogen (secondary N) is 2. The molecule has 6 heteroatoms. The van der Waals surface area contributed by atoms with Crippen LogP contribution in [0.5, 0.6) is 0 Å². The number of anilines is 1. The number of H-pyrrole nitrogens is 1. The van der Waals surface area contributed by atoms with Crippen molar-refractivity contribution in [2.24, 2.45) is 0 Å². The second kappa shape index (κ2) is 7.33. The van der Waals surface area contributed by atoms with Gasteiger partial charge in [0, 0.05) is 17.1 Å². The lowest BCUT2D eigenvalue weighted by atomic mass is 10.0. The lowest BCUT2D eigenvalue weighted by Crippen LogP contribution is -2.12. The molecule has 0 fully saturated rings. The number of aromatic nitrogens is 3. The number of carbonyl (C=O) groups excluding carboxylic acids is 1. The minimum atomic E-state index is -0.219. The van der Waals surface area contributed by atoms with E-state index >= 15 is 0 Å². The summed E-state index contributed by atoms with van der Waals surface area (Å²) in [5.41, 5.74) is 5.26. The Morgan fingerprint density at radius 2 is 1.62 bits per heavy atom. The van der Waals surface area contributed by atoms with Crippen molar-refractivity contribution in [1.82, 2.24) is 15.0 Å². The van der Waals surface area contributed by atoms with Crippen molar-refractivity contribution < 1.29 is 4.79 Å². The second-order valence-corrected chi connectivity index (χ2v) is 7.42. The Morgan fingerprint density at radius 3 is 2.38 bits per heavy atom. The quantitative estimate of drug-likeness (QED) is 0.415. The van der Waals surface area contributed by atoms with Crippen LogP contribution in [0, 0.1) is 0 Å².